The Bertz CT molecular complexity index is 532. The normalized spacial score (nSPS) is 10.3. The summed E-state index contributed by atoms with van der Waals surface area (Å²) in [5.41, 5.74) is 0.236. The van der Waals surface area contributed by atoms with Gasteiger partial charge in [-0.15, -0.1) is 0 Å². The first kappa shape index (κ1) is 10.5. The van der Waals surface area contributed by atoms with Crippen LogP contribution in [-0.4, -0.2) is 17.7 Å². The number of ether oxygens (including phenoxy) is 1. The van der Waals surface area contributed by atoms with Gasteiger partial charge in [0, 0.05) is 0 Å². The number of hydrogen-bond acceptors (Lipinski definition) is 2. The molecule has 0 aliphatic rings. The van der Waals surface area contributed by atoms with E-state index >= 15 is 0 Å². The number of carboxylic acid groups (broad SMARTS) is 1. The van der Waals surface area contributed by atoms with Crippen LogP contribution in [0.5, 0.6) is 5.75 Å². The van der Waals surface area contributed by atoms with Crippen LogP contribution in [0, 0.1) is 0 Å². The highest BCUT2D eigenvalue weighted by Gasteiger charge is 2.14. The number of rotatable bonds is 3. The van der Waals surface area contributed by atoms with Crippen molar-refractivity contribution in [3.05, 3.63) is 42.0 Å². The molecule has 0 aliphatic carbocycles. The molecule has 0 aliphatic heterocycles. The Morgan fingerprint density at radius 1 is 1.25 bits per heavy atom. The third kappa shape index (κ3) is 1.72. The quantitative estimate of drug-likeness (QED) is 0.858. The number of aromatic carboxylic acids is 1. The molecule has 0 atom stereocenters. The standard InChI is InChI=1S/C13H12O3/c1-2-16-11-8-7-9-5-3-4-6-10(9)12(11)13(14)15/h3-8H,2H2,1H3,(H,14,15). The Kier molecular flexibility index (Phi) is 2.77. The predicted molar refractivity (Wildman–Crippen MR) is 62.1 cm³/mol. The number of carbonyl (C=O) groups is 1. The lowest BCUT2D eigenvalue weighted by Crippen LogP contribution is -2.03. The minimum absolute atomic E-state index is 0.236. The van der Waals surface area contributed by atoms with Gasteiger partial charge in [-0.2, -0.15) is 0 Å². The van der Waals surface area contributed by atoms with Crippen LogP contribution in [0.25, 0.3) is 10.8 Å². The third-order valence-electron chi connectivity index (χ3n) is 2.40. The SMILES string of the molecule is CCOc1ccc2ccccc2c1C(=O)O. The average Bonchev–Trinajstić information content (AvgIpc) is 2.28. The van der Waals surface area contributed by atoms with Gasteiger partial charge < -0.3 is 9.84 Å². The molecule has 82 valence electrons. The van der Waals surface area contributed by atoms with Gasteiger partial charge in [0.05, 0.1) is 6.61 Å². The van der Waals surface area contributed by atoms with Crippen LogP contribution in [0.3, 0.4) is 0 Å². The molecule has 0 saturated heterocycles. The van der Waals surface area contributed by atoms with Gasteiger partial charge in [0.25, 0.3) is 0 Å². The Labute approximate surface area is 93.3 Å². The first-order chi connectivity index (χ1) is 7.74. The average molecular weight is 216 g/mol. The van der Waals surface area contributed by atoms with Gasteiger partial charge in [0.1, 0.15) is 11.3 Å². The van der Waals surface area contributed by atoms with Gasteiger partial charge in [-0.1, -0.05) is 30.3 Å². The van der Waals surface area contributed by atoms with E-state index in [0.717, 1.165) is 5.39 Å². The summed E-state index contributed by atoms with van der Waals surface area (Å²) in [5.74, 6) is -0.533. The molecule has 3 nitrogen and oxygen atoms in total. The number of carboxylic acids is 1. The molecule has 0 saturated carbocycles. The number of fused-ring (bicyclic) bond motifs is 1. The van der Waals surface area contributed by atoms with Crippen molar-refractivity contribution in [1.29, 1.82) is 0 Å². The lowest BCUT2D eigenvalue weighted by molar-refractivity contribution is 0.0695. The smallest absolute Gasteiger partial charge is 0.340 e. The molecule has 0 spiro atoms. The first-order valence-corrected chi connectivity index (χ1v) is 5.12. The van der Waals surface area contributed by atoms with Crippen molar-refractivity contribution in [2.24, 2.45) is 0 Å². The molecule has 2 rings (SSSR count). The second-order valence-corrected chi connectivity index (χ2v) is 3.40. The molecular formula is C13H12O3. The fourth-order valence-corrected chi connectivity index (χ4v) is 1.75. The maximum Gasteiger partial charge on any atom is 0.340 e. The summed E-state index contributed by atoms with van der Waals surface area (Å²) in [6.07, 6.45) is 0. The molecule has 0 radical (unpaired) electrons. The predicted octanol–water partition coefficient (Wildman–Crippen LogP) is 2.94. The molecule has 2 aromatic carbocycles. The summed E-state index contributed by atoms with van der Waals surface area (Å²) in [6.45, 7) is 2.29. The van der Waals surface area contributed by atoms with Gasteiger partial charge in [0.15, 0.2) is 0 Å². The van der Waals surface area contributed by atoms with Crippen molar-refractivity contribution >= 4 is 16.7 Å². The van der Waals surface area contributed by atoms with E-state index in [1.54, 1.807) is 12.1 Å². The van der Waals surface area contributed by atoms with Crippen LogP contribution < -0.4 is 4.74 Å². The van der Waals surface area contributed by atoms with Crippen molar-refractivity contribution in [2.45, 2.75) is 6.92 Å². The molecule has 0 aromatic heterocycles. The molecule has 16 heavy (non-hydrogen) atoms. The summed E-state index contributed by atoms with van der Waals surface area (Å²) < 4.78 is 5.33. The fourth-order valence-electron chi connectivity index (χ4n) is 1.75. The first-order valence-electron chi connectivity index (χ1n) is 5.12. The minimum atomic E-state index is -0.958. The largest absolute Gasteiger partial charge is 0.493 e. The molecule has 1 N–H and O–H groups in total. The monoisotopic (exact) mass is 216 g/mol. The van der Waals surface area contributed by atoms with Crippen LogP contribution in [-0.2, 0) is 0 Å². The summed E-state index contributed by atoms with van der Waals surface area (Å²) in [4.78, 5) is 11.2. The molecule has 2 aromatic rings. The molecular weight excluding hydrogens is 204 g/mol. The fraction of sp³-hybridized carbons (Fsp3) is 0.154. The lowest BCUT2D eigenvalue weighted by Gasteiger charge is -2.09. The zero-order valence-electron chi connectivity index (χ0n) is 8.93. The highest BCUT2D eigenvalue weighted by Crippen LogP contribution is 2.27. The molecule has 0 bridgehead atoms. The van der Waals surface area contributed by atoms with Gasteiger partial charge >= 0.3 is 5.97 Å². The number of benzene rings is 2. The maximum atomic E-state index is 11.2. The van der Waals surface area contributed by atoms with Crippen molar-refractivity contribution < 1.29 is 14.6 Å². The van der Waals surface area contributed by atoms with E-state index in [0.29, 0.717) is 17.7 Å². The number of hydrogen-bond donors (Lipinski definition) is 1. The van der Waals surface area contributed by atoms with Crippen LogP contribution in [0.4, 0.5) is 0 Å². The Balaban J connectivity index is 2.73. The van der Waals surface area contributed by atoms with E-state index in [2.05, 4.69) is 0 Å². The molecule has 0 amide bonds. The van der Waals surface area contributed by atoms with E-state index in [1.807, 2.05) is 31.2 Å². The second-order valence-electron chi connectivity index (χ2n) is 3.40. The molecule has 0 fully saturated rings. The summed E-state index contributed by atoms with van der Waals surface area (Å²) >= 11 is 0. The zero-order chi connectivity index (χ0) is 11.5. The van der Waals surface area contributed by atoms with E-state index in [1.165, 1.54) is 0 Å². The molecule has 0 heterocycles. The highest BCUT2D eigenvalue weighted by molar-refractivity contribution is 6.06. The zero-order valence-corrected chi connectivity index (χ0v) is 8.93. The van der Waals surface area contributed by atoms with Gasteiger partial charge in [-0.3, -0.25) is 0 Å². The molecule has 0 unspecified atom stereocenters. The van der Waals surface area contributed by atoms with Gasteiger partial charge in [0.2, 0.25) is 0 Å². The van der Waals surface area contributed by atoms with E-state index in [-0.39, 0.29) is 5.56 Å². The van der Waals surface area contributed by atoms with Crippen LogP contribution in [0.1, 0.15) is 17.3 Å². The lowest BCUT2D eigenvalue weighted by atomic mass is 10.0. The highest BCUT2D eigenvalue weighted by atomic mass is 16.5. The van der Waals surface area contributed by atoms with Gasteiger partial charge in [-0.05, 0) is 23.8 Å². The van der Waals surface area contributed by atoms with Crippen molar-refractivity contribution in [3.63, 3.8) is 0 Å². The van der Waals surface area contributed by atoms with E-state index in [4.69, 9.17) is 4.74 Å². The van der Waals surface area contributed by atoms with Gasteiger partial charge in [-0.25, -0.2) is 4.79 Å². The topological polar surface area (TPSA) is 46.5 Å². The Hall–Kier alpha value is -2.03. The summed E-state index contributed by atoms with van der Waals surface area (Å²) in [6, 6.07) is 11.0. The van der Waals surface area contributed by atoms with Crippen molar-refractivity contribution in [2.75, 3.05) is 6.61 Å². The second kappa shape index (κ2) is 4.23. The third-order valence-corrected chi connectivity index (χ3v) is 2.40. The van der Waals surface area contributed by atoms with E-state index in [9.17, 15) is 9.90 Å². The maximum absolute atomic E-state index is 11.2. The molecule has 3 heteroatoms. The Morgan fingerprint density at radius 2 is 2.00 bits per heavy atom. The van der Waals surface area contributed by atoms with Crippen molar-refractivity contribution in [3.8, 4) is 5.75 Å². The van der Waals surface area contributed by atoms with Crippen LogP contribution in [0.15, 0.2) is 36.4 Å². The van der Waals surface area contributed by atoms with E-state index < -0.39 is 5.97 Å². The van der Waals surface area contributed by atoms with Crippen LogP contribution >= 0.6 is 0 Å². The van der Waals surface area contributed by atoms with Crippen molar-refractivity contribution in [1.82, 2.24) is 0 Å². The summed E-state index contributed by atoms with van der Waals surface area (Å²) in [7, 11) is 0. The summed E-state index contributed by atoms with van der Waals surface area (Å²) in [5, 5.41) is 10.8. The Morgan fingerprint density at radius 3 is 2.69 bits per heavy atom. The van der Waals surface area contributed by atoms with Crippen LogP contribution in [0.2, 0.25) is 0 Å². The minimum Gasteiger partial charge on any atom is -0.493 e.